The number of morpholine rings is 1. The summed E-state index contributed by atoms with van der Waals surface area (Å²) < 4.78 is 11.0. The largest absolute Gasteiger partial charge is 0.469 e. The van der Waals surface area contributed by atoms with Crippen molar-refractivity contribution in [2.24, 2.45) is 23.2 Å². The third-order valence-electron chi connectivity index (χ3n) is 7.84. The number of carbonyl (C=O) groups excluding carboxylic acids is 2. The van der Waals surface area contributed by atoms with Crippen LogP contribution in [0, 0.1) is 23.2 Å². The number of esters is 1. The number of hydrogen-bond donors (Lipinski definition) is 1. The van der Waals surface area contributed by atoms with Crippen LogP contribution < -0.4 is 5.32 Å². The number of halogens is 1. The Morgan fingerprint density at radius 1 is 1.29 bits per heavy atom. The Morgan fingerprint density at radius 2 is 2.06 bits per heavy atom. The Morgan fingerprint density at radius 3 is 2.74 bits per heavy atom. The van der Waals surface area contributed by atoms with Gasteiger partial charge >= 0.3 is 5.97 Å². The molecule has 0 aromatic carbocycles. The van der Waals surface area contributed by atoms with E-state index in [9.17, 15) is 9.59 Å². The molecule has 4 saturated carbocycles. The molecule has 4 bridgehead atoms. The van der Waals surface area contributed by atoms with Crippen molar-refractivity contribution in [1.82, 2.24) is 15.2 Å². The molecular weight excluding hydrogens is 418 g/mol. The lowest BCUT2D eigenvalue weighted by atomic mass is 9.48. The van der Waals surface area contributed by atoms with E-state index in [2.05, 4.69) is 15.2 Å². The average molecular weight is 448 g/mol. The molecule has 6 rings (SSSR count). The second kappa shape index (κ2) is 8.34. The average Bonchev–Trinajstić information content (AvgIpc) is 2.77. The first kappa shape index (κ1) is 21.2. The van der Waals surface area contributed by atoms with Crippen LogP contribution in [0.15, 0.2) is 18.3 Å². The Bertz CT molecular complexity index is 832. The first-order valence-corrected chi connectivity index (χ1v) is 11.7. The van der Waals surface area contributed by atoms with Gasteiger partial charge in [-0.1, -0.05) is 17.7 Å². The van der Waals surface area contributed by atoms with Gasteiger partial charge in [0.05, 0.1) is 19.1 Å². The zero-order valence-corrected chi connectivity index (χ0v) is 18.6. The van der Waals surface area contributed by atoms with Crippen molar-refractivity contribution in [2.45, 2.75) is 50.8 Å². The van der Waals surface area contributed by atoms with Crippen LogP contribution in [0.4, 0.5) is 0 Å². The van der Waals surface area contributed by atoms with E-state index in [-0.39, 0.29) is 23.3 Å². The van der Waals surface area contributed by atoms with Crippen LogP contribution >= 0.6 is 11.6 Å². The molecule has 5 aliphatic rings. The van der Waals surface area contributed by atoms with Gasteiger partial charge in [-0.2, -0.15) is 0 Å². The van der Waals surface area contributed by atoms with E-state index in [1.54, 1.807) is 12.3 Å². The molecule has 168 valence electrons. The van der Waals surface area contributed by atoms with Crippen LogP contribution in [0.1, 0.15) is 37.7 Å². The number of pyridine rings is 1. The minimum absolute atomic E-state index is 0.0245. The molecule has 1 N–H and O–H groups in total. The smallest absolute Gasteiger partial charge is 0.311 e. The van der Waals surface area contributed by atoms with Crippen LogP contribution in [0.5, 0.6) is 0 Å². The molecule has 1 aromatic heterocycles. The summed E-state index contributed by atoms with van der Waals surface area (Å²) in [7, 11) is 1.49. The maximum absolute atomic E-state index is 13.1. The van der Waals surface area contributed by atoms with Gasteiger partial charge in [-0.05, 0) is 61.5 Å². The second-order valence-corrected chi connectivity index (χ2v) is 10.2. The number of amides is 1. The lowest BCUT2D eigenvalue weighted by Crippen LogP contribution is -2.63. The van der Waals surface area contributed by atoms with Gasteiger partial charge in [0.15, 0.2) is 0 Å². The number of carbonyl (C=O) groups is 2. The summed E-state index contributed by atoms with van der Waals surface area (Å²) in [5, 5.41) is 3.80. The lowest BCUT2D eigenvalue weighted by molar-refractivity contribution is -0.172. The van der Waals surface area contributed by atoms with E-state index in [4.69, 9.17) is 21.1 Å². The Hall–Kier alpha value is -1.70. The van der Waals surface area contributed by atoms with E-state index in [1.165, 1.54) is 7.11 Å². The predicted molar refractivity (Wildman–Crippen MR) is 114 cm³/mol. The summed E-state index contributed by atoms with van der Waals surface area (Å²) in [6, 6.07) is 3.89. The molecule has 1 aromatic rings. The third-order valence-corrected chi connectivity index (χ3v) is 8.06. The molecular formula is C23H30ClN3O4. The molecule has 31 heavy (non-hydrogen) atoms. The highest BCUT2D eigenvalue weighted by Gasteiger charge is 2.59. The zero-order valence-electron chi connectivity index (χ0n) is 17.9. The summed E-state index contributed by atoms with van der Waals surface area (Å²) in [4.78, 5) is 32.0. The van der Waals surface area contributed by atoms with Crippen LogP contribution in [0.3, 0.4) is 0 Å². The first-order chi connectivity index (χ1) is 15.0. The van der Waals surface area contributed by atoms with E-state index in [0.29, 0.717) is 36.1 Å². The highest BCUT2D eigenvalue weighted by atomic mass is 35.5. The zero-order chi connectivity index (χ0) is 21.6. The number of nitrogens with zero attached hydrogens (tertiary/aromatic N) is 2. The van der Waals surface area contributed by atoms with E-state index in [0.717, 1.165) is 50.8 Å². The quantitative estimate of drug-likeness (QED) is 0.551. The fraction of sp³-hybridized carbons (Fsp3) is 0.696. The molecule has 0 spiro atoms. The molecule has 5 fully saturated rings. The molecule has 1 saturated heterocycles. The Labute approximate surface area is 187 Å². The summed E-state index contributed by atoms with van der Waals surface area (Å²) >= 11 is 5.87. The van der Waals surface area contributed by atoms with Gasteiger partial charge < -0.3 is 14.8 Å². The second-order valence-electron chi connectivity index (χ2n) is 9.86. The van der Waals surface area contributed by atoms with Crippen molar-refractivity contribution < 1.29 is 19.1 Å². The van der Waals surface area contributed by atoms with Gasteiger partial charge in [0, 0.05) is 31.9 Å². The Balaban J connectivity index is 1.20. The lowest BCUT2D eigenvalue weighted by Gasteiger charge is -2.58. The van der Waals surface area contributed by atoms with E-state index in [1.807, 2.05) is 6.07 Å². The van der Waals surface area contributed by atoms with E-state index >= 15 is 0 Å². The monoisotopic (exact) mass is 447 g/mol. The van der Waals surface area contributed by atoms with Gasteiger partial charge in [-0.3, -0.25) is 14.5 Å². The Kier molecular flexibility index (Phi) is 5.69. The van der Waals surface area contributed by atoms with Crippen molar-refractivity contribution in [3.05, 3.63) is 29.0 Å². The molecule has 3 atom stereocenters. The van der Waals surface area contributed by atoms with Crippen molar-refractivity contribution in [3.63, 3.8) is 0 Å². The first-order valence-electron chi connectivity index (χ1n) is 11.3. The van der Waals surface area contributed by atoms with Gasteiger partial charge in [-0.25, -0.2) is 4.98 Å². The maximum Gasteiger partial charge on any atom is 0.311 e. The number of hydrogen-bond acceptors (Lipinski definition) is 6. The molecule has 7 nitrogen and oxygen atoms in total. The molecule has 1 aliphatic heterocycles. The highest BCUT2D eigenvalue weighted by molar-refractivity contribution is 6.29. The minimum atomic E-state index is -0.472. The summed E-state index contributed by atoms with van der Waals surface area (Å²) in [5.41, 5.74) is 0.747. The third kappa shape index (κ3) is 4.08. The number of nitrogens with one attached hydrogen (secondary N) is 1. The fourth-order valence-electron chi connectivity index (χ4n) is 6.75. The normalized spacial score (nSPS) is 36.9. The molecule has 2 heterocycles. The summed E-state index contributed by atoms with van der Waals surface area (Å²) in [5.74, 6) is 1.21. The number of rotatable bonds is 5. The van der Waals surface area contributed by atoms with E-state index < -0.39 is 6.10 Å². The van der Waals surface area contributed by atoms with Gasteiger partial charge in [0.25, 0.3) is 5.91 Å². The van der Waals surface area contributed by atoms with Gasteiger partial charge in [0.2, 0.25) is 0 Å². The van der Waals surface area contributed by atoms with Crippen LogP contribution in [0.2, 0.25) is 5.15 Å². The van der Waals surface area contributed by atoms with Crippen molar-refractivity contribution in [3.8, 4) is 0 Å². The number of aromatic nitrogens is 1. The number of methoxy groups -OCH3 is 1. The summed E-state index contributed by atoms with van der Waals surface area (Å²) in [6.45, 7) is 2.59. The van der Waals surface area contributed by atoms with Crippen molar-refractivity contribution >= 4 is 23.5 Å². The SMILES string of the molecule is COC(=O)C12CC3CC(C1)C(NC(=O)C1CN(Cc4ccc(Cl)nc4)CCO1)C(C3)C2. The minimum Gasteiger partial charge on any atom is -0.469 e. The highest BCUT2D eigenvalue weighted by Crippen LogP contribution is 2.60. The van der Waals surface area contributed by atoms with Gasteiger partial charge in [-0.15, -0.1) is 0 Å². The van der Waals surface area contributed by atoms with Crippen molar-refractivity contribution in [2.75, 3.05) is 26.8 Å². The number of ether oxygens (including phenoxy) is 2. The van der Waals surface area contributed by atoms with Crippen LogP contribution in [-0.2, 0) is 25.6 Å². The van der Waals surface area contributed by atoms with Gasteiger partial charge in [0.1, 0.15) is 11.3 Å². The van der Waals surface area contributed by atoms with Crippen LogP contribution in [0.25, 0.3) is 0 Å². The maximum atomic E-state index is 13.1. The predicted octanol–water partition coefficient (Wildman–Crippen LogP) is 2.42. The molecule has 0 radical (unpaired) electrons. The standard InChI is InChI=1S/C23H30ClN3O4/c1-30-22(29)23-8-15-6-16(9-23)20(17(7-15)10-23)26-21(28)18-13-27(4-5-31-18)12-14-2-3-19(24)25-11-14/h2-3,11,15-18,20H,4-10,12-13H2,1H3,(H,26,28). The molecule has 3 unspecified atom stereocenters. The topological polar surface area (TPSA) is 80.8 Å². The fourth-order valence-corrected chi connectivity index (χ4v) is 6.86. The molecule has 4 aliphatic carbocycles. The van der Waals surface area contributed by atoms with Crippen LogP contribution in [-0.4, -0.2) is 60.7 Å². The summed E-state index contributed by atoms with van der Waals surface area (Å²) in [6.07, 6.45) is 6.12. The molecule has 1 amide bonds. The molecule has 8 heteroatoms. The van der Waals surface area contributed by atoms with Crippen molar-refractivity contribution in [1.29, 1.82) is 0 Å².